The molecule has 7 nitrogen and oxygen atoms in total. The van der Waals surface area contributed by atoms with E-state index in [1.54, 1.807) is 49.6 Å². The van der Waals surface area contributed by atoms with Crippen molar-refractivity contribution in [3.05, 3.63) is 89.5 Å². The zero-order chi connectivity index (χ0) is 24.8. The summed E-state index contributed by atoms with van der Waals surface area (Å²) in [6.07, 6.45) is 3.05. The van der Waals surface area contributed by atoms with Crippen molar-refractivity contribution in [2.24, 2.45) is 0 Å². The van der Waals surface area contributed by atoms with Gasteiger partial charge in [0.05, 0.1) is 7.11 Å². The summed E-state index contributed by atoms with van der Waals surface area (Å²) in [6.45, 7) is 4.40. The largest absolute Gasteiger partial charge is 0.497 e. The van der Waals surface area contributed by atoms with Crippen LogP contribution in [0.2, 0.25) is 0 Å². The van der Waals surface area contributed by atoms with Crippen molar-refractivity contribution in [3.63, 3.8) is 0 Å². The lowest BCUT2D eigenvalue weighted by atomic mass is 10.0. The molecule has 3 aromatic carbocycles. The predicted octanol–water partition coefficient (Wildman–Crippen LogP) is 5.06. The fourth-order valence-corrected chi connectivity index (χ4v) is 3.64. The van der Waals surface area contributed by atoms with E-state index >= 15 is 0 Å². The van der Waals surface area contributed by atoms with E-state index in [0.717, 1.165) is 5.56 Å². The monoisotopic (exact) mass is 472 g/mol. The summed E-state index contributed by atoms with van der Waals surface area (Å²) in [5.41, 5.74) is 3.24. The number of hydrogen-bond donors (Lipinski definition) is 2. The Balaban J connectivity index is 1.50. The Morgan fingerprint density at radius 3 is 2.29 bits per heavy atom. The van der Waals surface area contributed by atoms with Crippen molar-refractivity contribution in [2.45, 2.75) is 25.8 Å². The van der Waals surface area contributed by atoms with E-state index in [9.17, 15) is 9.59 Å². The molecule has 1 heterocycles. The molecular formula is C28H28N2O5. The average Bonchev–Trinajstić information content (AvgIpc) is 3.34. The second-order valence-corrected chi connectivity index (χ2v) is 8.43. The van der Waals surface area contributed by atoms with Gasteiger partial charge in [-0.15, -0.1) is 0 Å². The molecule has 4 rings (SSSR count). The number of benzene rings is 3. The van der Waals surface area contributed by atoms with Gasteiger partial charge in [-0.25, -0.2) is 0 Å². The molecule has 0 fully saturated rings. The van der Waals surface area contributed by atoms with Crippen molar-refractivity contribution in [3.8, 4) is 17.2 Å². The van der Waals surface area contributed by atoms with E-state index in [-0.39, 0.29) is 12.7 Å². The molecule has 0 radical (unpaired) electrons. The smallest absolute Gasteiger partial charge is 0.251 e. The molecule has 0 saturated heterocycles. The number of carbonyl (C=O) groups is 2. The summed E-state index contributed by atoms with van der Waals surface area (Å²) in [5.74, 6) is 1.59. The van der Waals surface area contributed by atoms with Gasteiger partial charge in [0.1, 0.15) is 11.8 Å². The molecule has 180 valence electrons. The minimum Gasteiger partial charge on any atom is -0.497 e. The van der Waals surface area contributed by atoms with Crippen molar-refractivity contribution in [1.29, 1.82) is 0 Å². The van der Waals surface area contributed by atoms with E-state index in [1.807, 2.05) is 30.3 Å². The third kappa shape index (κ3) is 6.00. The van der Waals surface area contributed by atoms with Gasteiger partial charge in [-0.05, 0) is 65.1 Å². The van der Waals surface area contributed by atoms with Crippen LogP contribution in [0.25, 0.3) is 6.08 Å². The zero-order valence-electron chi connectivity index (χ0n) is 19.9. The van der Waals surface area contributed by atoms with Crippen molar-refractivity contribution in [1.82, 2.24) is 5.32 Å². The fraction of sp³-hybridized carbons (Fsp3) is 0.214. The van der Waals surface area contributed by atoms with E-state index in [1.165, 1.54) is 11.6 Å². The molecule has 2 amide bonds. The molecule has 1 atom stereocenters. The van der Waals surface area contributed by atoms with Gasteiger partial charge in [-0.2, -0.15) is 0 Å². The Hall–Kier alpha value is -4.26. The van der Waals surface area contributed by atoms with Crippen molar-refractivity contribution < 1.29 is 23.8 Å². The lowest BCUT2D eigenvalue weighted by molar-refractivity contribution is -0.123. The van der Waals surface area contributed by atoms with Crippen molar-refractivity contribution >= 4 is 23.6 Å². The van der Waals surface area contributed by atoms with Crippen LogP contribution >= 0.6 is 0 Å². The fourth-order valence-electron chi connectivity index (χ4n) is 3.64. The first-order chi connectivity index (χ1) is 16.9. The number of anilines is 1. The molecule has 0 aliphatic carbocycles. The molecule has 7 heteroatoms. The number of fused-ring (bicyclic) bond motifs is 1. The standard InChI is InChI=1S/C28H28N2O5/c1-18(2)20-6-10-22(11-7-20)29-28(32)27(21-8-12-23(33-3)13-9-21)30-26(31)15-5-19-4-14-24-25(16-19)35-17-34-24/h4-16,18,27H,17H2,1-3H3,(H,29,32)(H,30,31). The van der Waals surface area contributed by atoms with Crippen LogP contribution in [0.4, 0.5) is 5.69 Å². The van der Waals surface area contributed by atoms with E-state index in [4.69, 9.17) is 14.2 Å². The van der Waals surface area contributed by atoms with Gasteiger partial charge in [0.2, 0.25) is 12.7 Å². The topological polar surface area (TPSA) is 85.9 Å². The average molecular weight is 473 g/mol. The molecule has 0 bridgehead atoms. The maximum Gasteiger partial charge on any atom is 0.251 e. The van der Waals surface area contributed by atoms with Crippen LogP contribution in [-0.4, -0.2) is 25.7 Å². The van der Waals surface area contributed by atoms with Crippen LogP contribution in [0.1, 0.15) is 42.5 Å². The first-order valence-corrected chi connectivity index (χ1v) is 11.4. The highest BCUT2D eigenvalue weighted by atomic mass is 16.7. The third-order valence-electron chi connectivity index (χ3n) is 5.67. The predicted molar refractivity (Wildman–Crippen MR) is 135 cm³/mol. The summed E-state index contributed by atoms with van der Waals surface area (Å²) < 4.78 is 15.9. The highest BCUT2D eigenvalue weighted by molar-refractivity contribution is 6.00. The summed E-state index contributed by atoms with van der Waals surface area (Å²) in [6, 6.07) is 19.2. The molecule has 2 N–H and O–H groups in total. The second kappa shape index (κ2) is 10.8. The van der Waals surface area contributed by atoms with Crippen molar-refractivity contribution in [2.75, 3.05) is 19.2 Å². The van der Waals surface area contributed by atoms with Gasteiger partial charge in [0, 0.05) is 11.8 Å². The van der Waals surface area contributed by atoms with E-state index in [2.05, 4.69) is 24.5 Å². The van der Waals surface area contributed by atoms with E-state index in [0.29, 0.717) is 34.4 Å². The Labute approximate surface area is 204 Å². The maximum absolute atomic E-state index is 13.2. The van der Waals surface area contributed by atoms with E-state index < -0.39 is 11.9 Å². The molecule has 1 aliphatic heterocycles. The Morgan fingerprint density at radius 1 is 0.914 bits per heavy atom. The molecule has 0 saturated carbocycles. The molecule has 0 spiro atoms. The number of carbonyl (C=O) groups excluding carboxylic acids is 2. The Kier molecular flexibility index (Phi) is 7.35. The minimum atomic E-state index is -0.903. The Morgan fingerprint density at radius 2 is 1.60 bits per heavy atom. The number of rotatable bonds is 8. The Bertz CT molecular complexity index is 1220. The van der Waals surface area contributed by atoms with Crippen LogP contribution in [0.5, 0.6) is 17.2 Å². The molecule has 1 aliphatic rings. The van der Waals surface area contributed by atoms with Gasteiger partial charge in [-0.1, -0.05) is 44.2 Å². The quantitative estimate of drug-likeness (QED) is 0.448. The van der Waals surface area contributed by atoms with Crippen LogP contribution < -0.4 is 24.8 Å². The van der Waals surface area contributed by atoms with Crippen LogP contribution in [0, 0.1) is 0 Å². The van der Waals surface area contributed by atoms with Crippen LogP contribution in [0.3, 0.4) is 0 Å². The summed E-state index contributed by atoms with van der Waals surface area (Å²) in [4.78, 5) is 26.0. The number of nitrogens with one attached hydrogen (secondary N) is 2. The lowest BCUT2D eigenvalue weighted by Crippen LogP contribution is -2.36. The number of hydrogen-bond acceptors (Lipinski definition) is 5. The molecule has 3 aromatic rings. The number of amides is 2. The van der Waals surface area contributed by atoms with Gasteiger partial charge in [0.25, 0.3) is 5.91 Å². The normalized spacial score (nSPS) is 13.0. The van der Waals surface area contributed by atoms with Gasteiger partial charge < -0.3 is 24.8 Å². The van der Waals surface area contributed by atoms with Gasteiger partial charge in [-0.3, -0.25) is 9.59 Å². The lowest BCUT2D eigenvalue weighted by Gasteiger charge is -2.19. The number of ether oxygens (including phenoxy) is 3. The molecule has 1 unspecified atom stereocenters. The minimum absolute atomic E-state index is 0.182. The third-order valence-corrected chi connectivity index (χ3v) is 5.67. The second-order valence-electron chi connectivity index (χ2n) is 8.43. The zero-order valence-corrected chi connectivity index (χ0v) is 19.9. The summed E-state index contributed by atoms with van der Waals surface area (Å²) in [7, 11) is 1.57. The molecule has 0 aromatic heterocycles. The highest BCUT2D eigenvalue weighted by Gasteiger charge is 2.22. The van der Waals surface area contributed by atoms with Gasteiger partial charge >= 0.3 is 0 Å². The summed E-state index contributed by atoms with van der Waals surface area (Å²) in [5, 5.41) is 5.71. The van der Waals surface area contributed by atoms with Crippen LogP contribution in [-0.2, 0) is 9.59 Å². The number of methoxy groups -OCH3 is 1. The molecular weight excluding hydrogens is 444 g/mol. The van der Waals surface area contributed by atoms with Gasteiger partial charge in [0.15, 0.2) is 11.5 Å². The summed E-state index contributed by atoms with van der Waals surface area (Å²) >= 11 is 0. The first-order valence-electron chi connectivity index (χ1n) is 11.4. The maximum atomic E-state index is 13.2. The highest BCUT2D eigenvalue weighted by Crippen LogP contribution is 2.32. The van der Waals surface area contributed by atoms with Crippen LogP contribution in [0.15, 0.2) is 72.8 Å². The SMILES string of the molecule is COc1ccc(C(NC(=O)C=Cc2ccc3c(c2)OCO3)C(=O)Nc2ccc(C(C)C)cc2)cc1. The first kappa shape index (κ1) is 23.9. The molecule has 35 heavy (non-hydrogen) atoms.